The molecular formula is C12H10ClNO4. The molecule has 5 nitrogen and oxygen atoms in total. The molecule has 0 saturated carbocycles. The van der Waals surface area contributed by atoms with Crippen LogP contribution in [0.25, 0.3) is 0 Å². The minimum atomic E-state index is -0.684. The Morgan fingerprint density at radius 2 is 2.00 bits per heavy atom. The van der Waals surface area contributed by atoms with Gasteiger partial charge in [0.2, 0.25) is 0 Å². The second kappa shape index (κ2) is 7.20. The summed E-state index contributed by atoms with van der Waals surface area (Å²) in [5.41, 5.74) is 0.547. The van der Waals surface area contributed by atoms with Gasteiger partial charge in [-0.05, 0) is 30.2 Å². The molecule has 0 unspecified atom stereocenters. The number of hydrogen-bond donors (Lipinski definition) is 1. The molecule has 0 atom stereocenters. The van der Waals surface area contributed by atoms with Gasteiger partial charge in [-0.3, -0.25) is 5.32 Å². The minimum Gasteiger partial charge on any atom is -0.459 e. The molecule has 0 fully saturated rings. The fraction of sp³-hybridized carbons (Fsp3) is 0.167. The fourth-order valence-electron chi connectivity index (χ4n) is 0.948. The molecule has 0 radical (unpaired) electrons. The Labute approximate surface area is 109 Å². The normalized spacial score (nSPS) is 8.78. The maximum atomic E-state index is 11.3. The highest BCUT2D eigenvalue weighted by atomic mass is 35.5. The summed E-state index contributed by atoms with van der Waals surface area (Å²) in [6, 6.07) is 6.52. The van der Waals surface area contributed by atoms with Gasteiger partial charge in [0.15, 0.2) is 6.61 Å². The number of carbonyl (C=O) groups excluding carboxylic acids is 2. The molecule has 0 heterocycles. The first-order valence-electron chi connectivity index (χ1n) is 4.88. The largest absolute Gasteiger partial charge is 0.459 e. The number of carbonyl (C=O) groups is 2. The Hall–Kier alpha value is -2.19. The summed E-state index contributed by atoms with van der Waals surface area (Å²) in [5, 5.41) is 3.03. The molecule has 1 amide bonds. The van der Waals surface area contributed by atoms with E-state index in [1.165, 1.54) is 7.11 Å². The molecule has 1 N–H and O–H groups in total. The van der Waals surface area contributed by atoms with Crippen molar-refractivity contribution in [3.05, 3.63) is 29.3 Å². The Bertz CT molecular complexity index is 487. The third kappa shape index (κ3) is 5.23. The molecule has 0 spiro atoms. The van der Waals surface area contributed by atoms with Gasteiger partial charge < -0.3 is 9.47 Å². The van der Waals surface area contributed by atoms with Crippen molar-refractivity contribution in [2.45, 2.75) is 0 Å². The lowest BCUT2D eigenvalue weighted by molar-refractivity contribution is -0.133. The van der Waals surface area contributed by atoms with Crippen LogP contribution in [0.5, 0.6) is 0 Å². The van der Waals surface area contributed by atoms with E-state index < -0.39 is 12.1 Å². The number of amides is 1. The Morgan fingerprint density at radius 1 is 1.33 bits per heavy atom. The van der Waals surface area contributed by atoms with Crippen LogP contribution in [0.15, 0.2) is 24.3 Å². The number of hydrogen-bond acceptors (Lipinski definition) is 4. The number of halogens is 1. The van der Waals surface area contributed by atoms with Crippen molar-refractivity contribution in [2.75, 3.05) is 19.0 Å². The van der Waals surface area contributed by atoms with Gasteiger partial charge in [-0.2, -0.15) is 0 Å². The summed E-state index contributed by atoms with van der Waals surface area (Å²) in [6.45, 7) is -0.200. The lowest BCUT2D eigenvalue weighted by Gasteiger charge is -2.04. The van der Waals surface area contributed by atoms with E-state index in [4.69, 9.17) is 16.3 Å². The van der Waals surface area contributed by atoms with Gasteiger partial charge >= 0.3 is 12.1 Å². The quantitative estimate of drug-likeness (QED) is 0.506. The van der Waals surface area contributed by atoms with Crippen LogP contribution in [-0.2, 0) is 14.3 Å². The van der Waals surface area contributed by atoms with E-state index in [2.05, 4.69) is 21.9 Å². The molecular weight excluding hydrogens is 258 g/mol. The maximum Gasteiger partial charge on any atom is 0.412 e. The highest BCUT2D eigenvalue weighted by Gasteiger charge is 2.01. The first-order valence-corrected chi connectivity index (χ1v) is 5.26. The summed E-state index contributed by atoms with van der Waals surface area (Å²) in [6.07, 6.45) is -0.670. The average molecular weight is 268 g/mol. The van der Waals surface area contributed by atoms with Gasteiger partial charge in [-0.1, -0.05) is 11.6 Å². The lowest BCUT2D eigenvalue weighted by Crippen LogP contribution is -2.13. The van der Waals surface area contributed by atoms with Crippen molar-refractivity contribution in [3.8, 4) is 11.8 Å². The van der Waals surface area contributed by atoms with E-state index in [1.807, 2.05) is 0 Å². The number of rotatable bonds is 2. The van der Waals surface area contributed by atoms with Gasteiger partial charge in [-0.25, -0.2) is 9.59 Å². The van der Waals surface area contributed by atoms with Crippen LogP contribution in [0.4, 0.5) is 10.5 Å². The second-order valence-corrected chi connectivity index (χ2v) is 3.44. The summed E-state index contributed by atoms with van der Waals surface area (Å²) in [5.74, 6) is 3.77. The number of ether oxygens (including phenoxy) is 2. The molecule has 1 aromatic rings. The number of benzene rings is 1. The molecule has 1 rings (SSSR count). The second-order valence-electron chi connectivity index (χ2n) is 3.00. The topological polar surface area (TPSA) is 64.6 Å². The average Bonchev–Trinajstić information content (AvgIpc) is 2.37. The Kier molecular flexibility index (Phi) is 5.55. The van der Waals surface area contributed by atoms with E-state index in [0.29, 0.717) is 10.7 Å². The predicted octanol–water partition coefficient (Wildman–Crippen LogP) is 2.06. The highest BCUT2D eigenvalue weighted by Crippen LogP contribution is 2.13. The summed E-state index contributed by atoms with van der Waals surface area (Å²) in [4.78, 5) is 21.9. The van der Waals surface area contributed by atoms with Crippen LogP contribution in [0.1, 0.15) is 0 Å². The molecule has 0 aliphatic rings. The third-order valence-electron chi connectivity index (χ3n) is 1.74. The van der Waals surface area contributed by atoms with Gasteiger partial charge in [0.1, 0.15) is 0 Å². The zero-order chi connectivity index (χ0) is 13.4. The molecule has 0 saturated heterocycles. The third-order valence-corrected chi connectivity index (χ3v) is 1.99. The van der Waals surface area contributed by atoms with E-state index in [1.54, 1.807) is 24.3 Å². The van der Waals surface area contributed by atoms with Gasteiger partial charge in [0, 0.05) is 16.6 Å². The SMILES string of the molecule is COC(=O)C#CCOC(=O)Nc1ccc(Cl)cc1. The van der Waals surface area contributed by atoms with Crippen molar-refractivity contribution in [3.63, 3.8) is 0 Å². The number of anilines is 1. The molecule has 0 aromatic heterocycles. The van der Waals surface area contributed by atoms with Crippen LogP contribution in [-0.4, -0.2) is 25.8 Å². The standard InChI is InChI=1S/C12H10ClNO4/c1-17-11(15)3-2-8-18-12(16)14-10-6-4-9(13)5-7-10/h4-7H,8H2,1H3,(H,14,16). The van der Waals surface area contributed by atoms with Gasteiger partial charge in [0.25, 0.3) is 0 Å². The molecule has 1 aromatic carbocycles. The molecule has 0 bridgehead atoms. The number of esters is 1. The first kappa shape index (κ1) is 13.9. The predicted molar refractivity (Wildman–Crippen MR) is 66.2 cm³/mol. The first-order chi connectivity index (χ1) is 8.61. The summed E-state index contributed by atoms with van der Waals surface area (Å²) in [7, 11) is 1.21. The van der Waals surface area contributed by atoms with Crippen LogP contribution < -0.4 is 5.32 Å². The number of nitrogens with one attached hydrogen (secondary N) is 1. The monoisotopic (exact) mass is 267 g/mol. The molecule has 0 aliphatic carbocycles. The lowest BCUT2D eigenvalue weighted by atomic mass is 10.3. The van der Waals surface area contributed by atoms with E-state index in [-0.39, 0.29) is 6.61 Å². The van der Waals surface area contributed by atoms with Crippen LogP contribution >= 0.6 is 11.6 Å². The Balaban J connectivity index is 2.35. The van der Waals surface area contributed by atoms with E-state index in [9.17, 15) is 9.59 Å². The van der Waals surface area contributed by atoms with Crippen molar-refractivity contribution in [2.24, 2.45) is 0 Å². The van der Waals surface area contributed by atoms with Crippen molar-refractivity contribution in [1.82, 2.24) is 0 Å². The van der Waals surface area contributed by atoms with Crippen LogP contribution in [0.2, 0.25) is 5.02 Å². The van der Waals surface area contributed by atoms with Crippen molar-refractivity contribution in [1.29, 1.82) is 0 Å². The Morgan fingerprint density at radius 3 is 2.61 bits per heavy atom. The van der Waals surface area contributed by atoms with Crippen LogP contribution in [0, 0.1) is 11.8 Å². The zero-order valence-corrected chi connectivity index (χ0v) is 10.3. The molecule has 18 heavy (non-hydrogen) atoms. The van der Waals surface area contributed by atoms with Crippen molar-refractivity contribution >= 4 is 29.4 Å². The fourth-order valence-corrected chi connectivity index (χ4v) is 1.07. The van der Waals surface area contributed by atoms with Gasteiger partial charge in [0.05, 0.1) is 7.11 Å². The number of methoxy groups -OCH3 is 1. The zero-order valence-electron chi connectivity index (χ0n) is 9.53. The molecule has 6 heteroatoms. The minimum absolute atomic E-state index is 0.200. The maximum absolute atomic E-state index is 11.3. The highest BCUT2D eigenvalue weighted by molar-refractivity contribution is 6.30. The molecule has 94 valence electrons. The summed E-state index contributed by atoms with van der Waals surface area (Å²) < 4.78 is 8.99. The van der Waals surface area contributed by atoms with E-state index >= 15 is 0 Å². The van der Waals surface area contributed by atoms with Crippen LogP contribution in [0.3, 0.4) is 0 Å². The molecule has 0 aliphatic heterocycles. The van der Waals surface area contributed by atoms with Crippen molar-refractivity contribution < 1.29 is 19.1 Å². The summed E-state index contributed by atoms with van der Waals surface area (Å²) >= 11 is 5.69. The van der Waals surface area contributed by atoms with E-state index in [0.717, 1.165) is 0 Å². The smallest absolute Gasteiger partial charge is 0.412 e. The van der Waals surface area contributed by atoms with Gasteiger partial charge in [-0.15, -0.1) is 0 Å².